The molecule has 1 unspecified atom stereocenters. The van der Waals surface area contributed by atoms with Crippen LogP contribution in [0.5, 0.6) is 0 Å². The van der Waals surface area contributed by atoms with Gasteiger partial charge in [-0.05, 0) is 56.0 Å². The minimum Gasteiger partial charge on any atom is -0.253 e. The molecule has 0 bridgehead atoms. The summed E-state index contributed by atoms with van der Waals surface area (Å²) in [4.78, 5) is 4.68. The summed E-state index contributed by atoms with van der Waals surface area (Å²) in [6.45, 7) is 10.1. The molecule has 0 spiro atoms. The number of rotatable bonds is 3. The zero-order valence-electron chi connectivity index (χ0n) is 15.8. The molecule has 2 heteroatoms. The molecule has 0 saturated carbocycles. The molecule has 0 saturated heterocycles. The second-order valence-electron chi connectivity index (χ2n) is 6.40. The average Bonchev–Trinajstić information content (AvgIpc) is 2.64. The van der Waals surface area contributed by atoms with Crippen molar-refractivity contribution in [2.75, 3.05) is 0 Å². The summed E-state index contributed by atoms with van der Waals surface area (Å²) in [7, 11) is 0. The van der Waals surface area contributed by atoms with Crippen LogP contribution in [0.1, 0.15) is 43.2 Å². The molecule has 1 heterocycles. The van der Waals surface area contributed by atoms with Gasteiger partial charge in [0.1, 0.15) is 0 Å². The molecular formula is C23H26N2. The smallest absolute Gasteiger partial charge is 0.0835 e. The Bertz CT molecular complexity index is 891. The van der Waals surface area contributed by atoms with Crippen LogP contribution in [0.3, 0.4) is 0 Å². The minimum atomic E-state index is -0.560. The van der Waals surface area contributed by atoms with Gasteiger partial charge in [0, 0.05) is 11.1 Å². The van der Waals surface area contributed by atoms with Crippen molar-refractivity contribution in [1.29, 1.82) is 5.26 Å². The zero-order chi connectivity index (χ0) is 18.4. The van der Waals surface area contributed by atoms with Gasteiger partial charge in [0.15, 0.2) is 0 Å². The molecule has 0 N–H and O–H groups in total. The van der Waals surface area contributed by atoms with E-state index in [1.165, 1.54) is 11.1 Å². The molecule has 0 amide bonds. The Hall–Kier alpha value is -2.66. The van der Waals surface area contributed by atoms with E-state index in [2.05, 4.69) is 54.4 Å². The highest BCUT2D eigenvalue weighted by molar-refractivity contribution is 5.80. The van der Waals surface area contributed by atoms with Gasteiger partial charge >= 0.3 is 0 Å². The van der Waals surface area contributed by atoms with E-state index in [9.17, 15) is 5.26 Å². The number of benzene rings is 2. The number of hydrogen-bond donors (Lipinski definition) is 0. The molecule has 2 nitrogen and oxygen atoms in total. The average molecular weight is 330 g/mol. The normalized spacial score (nSPS) is 12.6. The Morgan fingerprint density at radius 3 is 2.32 bits per heavy atom. The van der Waals surface area contributed by atoms with Crippen LogP contribution in [-0.4, -0.2) is 4.98 Å². The summed E-state index contributed by atoms with van der Waals surface area (Å²) < 4.78 is 0. The summed E-state index contributed by atoms with van der Waals surface area (Å²) in [5, 5.41) is 10.9. The fraction of sp³-hybridized carbons (Fsp3) is 0.304. The van der Waals surface area contributed by atoms with E-state index >= 15 is 0 Å². The van der Waals surface area contributed by atoms with Crippen molar-refractivity contribution in [2.45, 2.75) is 46.5 Å². The fourth-order valence-electron chi connectivity index (χ4n) is 2.92. The summed E-state index contributed by atoms with van der Waals surface area (Å²) in [6.07, 6.45) is 0.695. The molecule has 0 radical (unpaired) electrons. The lowest BCUT2D eigenvalue weighted by Gasteiger charge is -2.22. The molecule has 1 aromatic heterocycles. The third-order valence-electron chi connectivity index (χ3n) is 4.55. The number of hydrogen-bond acceptors (Lipinski definition) is 2. The molecule has 3 aromatic rings. The third kappa shape index (κ3) is 4.06. The predicted molar refractivity (Wildman–Crippen MR) is 106 cm³/mol. The molecule has 25 heavy (non-hydrogen) atoms. The number of nitriles is 1. The van der Waals surface area contributed by atoms with E-state index in [0.29, 0.717) is 6.42 Å². The first-order chi connectivity index (χ1) is 12.0. The van der Waals surface area contributed by atoms with E-state index in [0.717, 1.165) is 22.2 Å². The number of aryl methyl sites for hydroxylation is 2. The van der Waals surface area contributed by atoms with Crippen LogP contribution >= 0.6 is 0 Å². The van der Waals surface area contributed by atoms with E-state index < -0.39 is 5.41 Å². The Morgan fingerprint density at radius 1 is 1.00 bits per heavy atom. The summed E-state index contributed by atoms with van der Waals surface area (Å²) >= 11 is 0. The van der Waals surface area contributed by atoms with Crippen molar-refractivity contribution in [3.8, 4) is 6.07 Å². The predicted octanol–water partition coefficient (Wildman–Crippen LogP) is 5.90. The van der Waals surface area contributed by atoms with Crippen LogP contribution in [0.25, 0.3) is 10.9 Å². The third-order valence-corrected chi connectivity index (χ3v) is 4.55. The molecule has 3 rings (SSSR count). The SMILES string of the molecule is CC.Cc1cc2ccc(C(C)(C#N)Cc3ccccc3)cc2nc1C. The number of pyridine rings is 1. The maximum Gasteiger partial charge on any atom is 0.0835 e. The largest absolute Gasteiger partial charge is 0.253 e. The number of aromatic nitrogens is 1. The maximum absolute atomic E-state index is 9.80. The second kappa shape index (κ2) is 7.94. The monoisotopic (exact) mass is 330 g/mol. The van der Waals surface area contributed by atoms with Crippen LogP contribution < -0.4 is 0 Å². The van der Waals surface area contributed by atoms with Crippen molar-refractivity contribution in [3.05, 3.63) is 77.0 Å². The van der Waals surface area contributed by atoms with Crippen molar-refractivity contribution in [1.82, 2.24) is 4.98 Å². The topological polar surface area (TPSA) is 36.7 Å². The Labute approximate surface area is 151 Å². The summed E-state index contributed by atoms with van der Waals surface area (Å²) in [6, 6.07) is 21.0. The van der Waals surface area contributed by atoms with Gasteiger partial charge in [-0.15, -0.1) is 0 Å². The first kappa shape index (κ1) is 18.7. The van der Waals surface area contributed by atoms with Crippen molar-refractivity contribution in [3.63, 3.8) is 0 Å². The lowest BCUT2D eigenvalue weighted by atomic mass is 9.78. The van der Waals surface area contributed by atoms with Crippen LogP contribution in [0.15, 0.2) is 54.6 Å². The molecule has 1 atom stereocenters. The zero-order valence-corrected chi connectivity index (χ0v) is 15.8. The van der Waals surface area contributed by atoms with Gasteiger partial charge in [-0.2, -0.15) is 5.26 Å². The molecule has 128 valence electrons. The van der Waals surface area contributed by atoms with Crippen LogP contribution in [0.2, 0.25) is 0 Å². The quantitative estimate of drug-likeness (QED) is 0.599. The highest BCUT2D eigenvalue weighted by Gasteiger charge is 2.27. The van der Waals surface area contributed by atoms with Gasteiger partial charge in [-0.25, -0.2) is 0 Å². The molecule has 0 fully saturated rings. The van der Waals surface area contributed by atoms with Crippen molar-refractivity contribution in [2.24, 2.45) is 0 Å². The van der Waals surface area contributed by atoms with Crippen LogP contribution in [-0.2, 0) is 11.8 Å². The van der Waals surface area contributed by atoms with Crippen LogP contribution in [0.4, 0.5) is 0 Å². The number of fused-ring (bicyclic) bond motifs is 1. The van der Waals surface area contributed by atoms with E-state index in [-0.39, 0.29) is 0 Å². The van der Waals surface area contributed by atoms with Gasteiger partial charge in [-0.1, -0.05) is 56.3 Å². The fourth-order valence-corrected chi connectivity index (χ4v) is 2.92. The van der Waals surface area contributed by atoms with E-state index in [4.69, 9.17) is 0 Å². The van der Waals surface area contributed by atoms with Crippen molar-refractivity contribution >= 4 is 10.9 Å². The minimum absolute atomic E-state index is 0.560. The Morgan fingerprint density at radius 2 is 1.68 bits per heavy atom. The Balaban J connectivity index is 0.00000109. The second-order valence-corrected chi connectivity index (χ2v) is 6.40. The molecule has 2 aromatic carbocycles. The van der Waals surface area contributed by atoms with Crippen molar-refractivity contribution < 1.29 is 0 Å². The summed E-state index contributed by atoms with van der Waals surface area (Å²) in [5.74, 6) is 0. The lowest BCUT2D eigenvalue weighted by Crippen LogP contribution is -2.22. The van der Waals surface area contributed by atoms with Gasteiger partial charge in [0.25, 0.3) is 0 Å². The lowest BCUT2D eigenvalue weighted by molar-refractivity contribution is 0.607. The maximum atomic E-state index is 9.80. The number of nitrogens with zero attached hydrogens (tertiary/aromatic N) is 2. The first-order valence-corrected chi connectivity index (χ1v) is 8.85. The van der Waals surface area contributed by atoms with Gasteiger partial charge in [0.05, 0.1) is 17.0 Å². The first-order valence-electron chi connectivity index (χ1n) is 8.85. The van der Waals surface area contributed by atoms with Gasteiger partial charge in [-0.3, -0.25) is 4.98 Å². The van der Waals surface area contributed by atoms with E-state index in [1.54, 1.807) is 0 Å². The molecule has 0 aliphatic heterocycles. The highest BCUT2D eigenvalue weighted by Crippen LogP contribution is 2.30. The summed E-state index contributed by atoms with van der Waals surface area (Å²) in [5.41, 5.74) is 4.82. The van der Waals surface area contributed by atoms with E-state index in [1.807, 2.05) is 45.9 Å². The molecule has 0 aliphatic carbocycles. The van der Waals surface area contributed by atoms with Gasteiger partial charge < -0.3 is 0 Å². The molecular weight excluding hydrogens is 304 g/mol. The van der Waals surface area contributed by atoms with Gasteiger partial charge in [0.2, 0.25) is 0 Å². The highest BCUT2D eigenvalue weighted by atomic mass is 14.7. The standard InChI is InChI=1S/C21H20N2.C2H6/c1-15-11-18-9-10-19(12-20(18)23-16(15)2)21(3,14-22)13-17-7-5-4-6-8-17;1-2/h4-12H,13H2,1-3H3;1-2H3. The van der Waals surface area contributed by atoms with Crippen LogP contribution in [0, 0.1) is 25.2 Å². The Kier molecular flexibility index (Phi) is 5.93. The molecule has 0 aliphatic rings.